The van der Waals surface area contributed by atoms with E-state index in [2.05, 4.69) is 0 Å². The third-order valence-electron chi connectivity index (χ3n) is 3.11. The van der Waals surface area contributed by atoms with Gasteiger partial charge in [-0.05, 0) is 26.3 Å². The van der Waals surface area contributed by atoms with Gasteiger partial charge in [-0.3, -0.25) is 9.59 Å². The molecule has 1 aromatic rings. The smallest absolute Gasteiger partial charge is 0.410 e. The lowest BCUT2D eigenvalue weighted by Crippen LogP contribution is -2.43. The Balaban J connectivity index is 2.40. The molecule has 0 spiro atoms. The molecule has 0 aliphatic heterocycles. The number of likely N-dealkylation sites (N-methyl/N-ethyl adjacent to an activating group) is 2. The molecule has 0 bridgehead atoms. The quantitative estimate of drug-likeness (QED) is 0.734. The molecule has 0 aromatic heterocycles. The van der Waals surface area contributed by atoms with Gasteiger partial charge >= 0.3 is 12.1 Å². The maximum absolute atomic E-state index is 12.1. The average Bonchev–Trinajstić information content (AvgIpc) is 2.52. The summed E-state index contributed by atoms with van der Waals surface area (Å²) < 4.78 is 10.3. The monoisotopic (exact) mass is 350 g/mol. The van der Waals surface area contributed by atoms with Crippen molar-refractivity contribution in [3.63, 3.8) is 0 Å². The van der Waals surface area contributed by atoms with Crippen LogP contribution in [-0.4, -0.2) is 60.6 Å². The fourth-order valence-corrected chi connectivity index (χ4v) is 1.79. The fraction of sp³-hybridized carbons (Fsp3) is 0.500. The Hall–Kier alpha value is -2.57. The summed E-state index contributed by atoms with van der Waals surface area (Å²) in [6.07, 6.45) is -0.596. The van der Waals surface area contributed by atoms with Crippen LogP contribution in [0.4, 0.5) is 4.79 Å². The molecule has 0 N–H and O–H groups in total. The van der Waals surface area contributed by atoms with E-state index in [0.29, 0.717) is 0 Å². The first-order chi connectivity index (χ1) is 11.6. The Kier molecular flexibility index (Phi) is 7.42. The zero-order chi connectivity index (χ0) is 19.0. The van der Waals surface area contributed by atoms with Crippen LogP contribution in [0, 0.1) is 0 Å². The van der Waals surface area contributed by atoms with Crippen molar-refractivity contribution in [3.05, 3.63) is 35.9 Å². The standard InChI is InChI=1S/C18H26N2O5/c1-18(2,3)25-17(23)20(5)11-15(21)19(4)12-16(22)24-13-14-9-7-6-8-10-14/h6-10H,11-13H2,1-5H3. The van der Waals surface area contributed by atoms with Gasteiger partial charge in [-0.1, -0.05) is 30.3 Å². The summed E-state index contributed by atoms with van der Waals surface area (Å²) >= 11 is 0. The molecule has 1 aromatic carbocycles. The van der Waals surface area contributed by atoms with Gasteiger partial charge in [0.25, 0.3) is 0 Å². The lowest BCUT2D eigenvalue weighted by atomic mass is 10.2. The molecule has 25 heavy (non-hydrogen) atoms. The van der Waals surface area contributed by atoms with Crippen molar-refractivity contribution < 1.29 is 23.9 Å². The van der Waals surface area contributed by atoms with Crippen LogP contribution < -0.4 is 0 Å². The van der Waals surface area contributed by atoms with E-state index >= 15 is 0 Å². The van der Waals surface area contributed by atoms with E-state index in [-0.39, 0.29) is 25.6 Å². The molecule has 0 saturated carbocycles. The number of hydrogen-bond acceptors (Lipinski definition) is 5. The van der Waals surface area contributed by atoms with Crippen LogP contribution in [0.3, 0.4) is 0 Å². The molecular weight excluding hydrogens is 324 g/mol. The second kappa shape index (κ2) is 9.05. The van der Waals surface area contributed by atoms with Crippen LogP contribution in [-0.2, 0) is 25.7 Å². The van der Waals surface area contributed by atoms with Gasteiger partial charge in [-0.15, -0.1) is 0 Å². The van der Waals surface area contributed by atoms with E-state index in [0.717, 1.165) is 5.56 Å². The molecule has 0 aliphatic carbocycles. The fourth-order valence-electron chi connectivity index (χ4n) is 1.79. The van der Waals surface area contributed by atoms with Crippen molar-refractivity contribution in [1.82, 2.24) is 9.80 Å². The zero-order valence-electron chi connectivity index (χ0n) is 15.4. The Morgan fingerprint density at radius 1 is 0.960 bits per heavy atom. The van der Waals surface area contributed by atoms with Gasteiger partial charge in [0.2, 0.25) is 5.91 Å². The number of carbonyl (C=O) groups excluding carboxylic acids is 3. The van der Waals surface area contributed by atoms with E-state index in [1.807, 2.05) is 30.3 Å². The van der Waals surface area contributed by atoms with Gasteiger partial charge in [0.1, 0.15) is 25.3 Å². The maximum Gasteiger partial charge on any atom is 0.410 e. The topological polar surface area (TPSA) is 76.2 Å². The van der Waals surface area contributed by atoms with Gasteiger partial charge in [0.05, 0.1) is 0 Å². The summed E-state index contributed by atoms with van der Waals surface area (Å²) in [4.78, 5) is 38.1. The number of carbonyl (C=O) groups is 3. The van der Waals surface area contributed by atoms with Crippen LogP contribution in [0.25, 0.3) is 0 Å². The van der Waals surface area contributed by atoms with Crippen molar-refractivity contribution in [1.29, 1.82) is 0 Å². The highest BCUT2D eigenvalue weighted by Gasteiger charge is 2.23. The molecule has 0 heterocycles. The molecule has 0 aliphatic rings. The predicted octanol–water partition coefficient (Wildman–Crippen LogP) is 2.06. The second-order valence-corrected chi connectivity index (χ2v) is 6.73. The first kappa shape index (κ1) is 20.5. The van der Waals surface area contributed by atoms with E-state index in [9.17, 15) is 14.4 Å². The third kappa shape index (κ3) is 8.19. The molecule has 7 heteroatoms. The van der Waals surface area contributed by atoms with E-state index < -0.39 is 17.7 Å². The summed E-state index contributed by atoms with van der Waals surface area (Å²) in [5.41, 5.74) is 0.233. The Labute approximate surface area is 148 Å². The first-order valence-electron chi connectivity index (χ1n) is 7.96. The van der Waals surface area contributed by atoms with Gasteiger partial charge in [-0.25, -0.2) is 4.79 Å². The minimum Gasteiger partial charge on any atom is -0.459 e. The Morgan fingerprint density at radius 3 is 2.12 bits per heavy atom. The van der Waals surface area contributed by atoms with Crippen LogP contribution in [0.1, 0.15) is 26.3 Å². The summed E-state index contributed by atoms with van der Waals surface area (Å²) in [5, 5.41) is 0. The molecule has 2 amide bonds. The molecule has 0 unspecified atom stereocenters. The van der Waals surface area contributed by atoms with Crippen molar-refractivity contribution in [2.24, 2.45) is 0 Å². The molecule has 138 valence electrons. The summed E-state index contributed by atoms with van der Waals surface area (Å²) in [6, 6.07) is 9.27. The van der Waals surface area contributed by atoms with E-state index in [1.54, 1.807) is 20.8 Å². The molecule has 7 nitrogen and oxygen atoms in total. The number of benzene rings is 1. The van der Waals surface area contributed by atoms with Crippen LogP contribution in [0.5, 0.6) is 0 Å². The normalized spacial score (nSPS) is 10.8. The number of rotatable bonds is 6. The maximum atomic E-state index is 12.1. The van der Waals surface area contributed by atoms with E-state index in [4.69, 9.17) is 9.47 Å². The number of hydrogen-bond donors (Lipinski definition) is 0. The SMILES string of the molecule is CN(CC(=O)OCc1ccccc1)C(=O)CN(C)C(=O)OC(C)(C)C. The predicted molar refractivity (Wildman–Crippen MR) is 92.7 cm³/mol. The van der Waals surface area contributed by atoms with Crippen LogP contribution in [0.15, 0.2) is 30.3 Å². The highest BCUT2D eigenvalue weighted by molar-refractivity contribution is 5.85. The highest BCUT2D eigenvalue weighted by atomic mass is 16.6. The lowest BCUT2D eigenvalue weighted by molar-refractivity contribution is -0.149. The van der Waals surface area contributed by atoms with Crippen molar-refractivity contribution in [2.75, 3.05) is 27.2 Å². The van der Waals surface area contributed by atoms with Gasteiger partial charge in [0, 0.05) is 14.1 Å². The van der Waals surface area contributed by atoms with Gasteiger partial charge < -0.3 is 19.3 Å². The zero-order valence-corrected chi connectivity index (χ0v) is 15.4. The lowest BCUT2D eigenvalue weighted by Gasteiger charge is -2.25. The highest BCUT2D eigenvalue weighted by Crippen LogP contribution is 2.09. The molecular formula is C18H26N2O5. The first-order valence-corrected chi connectivity index (χ1v) is 7.96. The largest absolute Gasteiger partial charge is 0.459 e. The van der Waals surface area contributed by atoms with Crippen molar-refractivity contribution in [2.45, 2.75) is 33.0 Å². The minimum absolute atomic E-state index is 0.152. The van der Waals surface area contributed by atoms with Crippen molar-refractivity contribution >= 4 is 18.0 Å². The second-order valence-electron chi connectivity index (χ2n) is 6.73. The number of ether oxygens (including phenoxy) is 2. The third-order valence-corrected chi connectivity index (χ3v) is 3.11. The minimum atomic E-state index is -0.637. The van der Waals surface area contributed by atoms with Crippen LogP contribution in [0.2, 0.25) is 0 Å². The molecule has 0 atom stereocenters. The molecule has 1 rings (SSSR count). The van der Waals surface area contributed by atoms with E-state index in [1.165, 1.54) is 23.9 Å². The number of esters is 1. The molecule has 0 fully saturated rings. The average molecular weight is 350 g/mol. The number of amides is 2. The van der Waals surface area contributed by atoms with Crippen molar-refractivity contribution in [3.8, 4) is 0 Å². The Bertz CT molecular complexity index is 595. The van der Waals surface area contributed by atoms with Gasteiger partial charge in [0.15, 0.2) is 0 Å². The number of nitrogens with zero attached hydrogens (tertiary/aromatic N) is 2. The summed E-state index contributed by atoms with van der Waals surface area (Å²) in [6.45, 7) is 5.02. The summed E-state index contributed by atoms with van der Waals surface area (Å²) in [5.74, 6) is -0.898. The van der Waals surface area contributed by atoms with Gasteiger partial charge in [-0.2, -0.15) is 0 Å². The molecule has 0 radical (unpaired) electrons. The van der Waals surface area contributed by atoms with Crippen LogP contribution >= 0.6 is 0 Å². The summed E-state index contributed by atoms with van der Waals surface area (Å²) in [7, 11) is 2.95. The Morgan fingerprint density at radius 2 is 1.56 bits per heavy atom. The molecule has 0 saturated heterocycles.